The minimum Gasteiger partial charge on any atom is -0.450 e. The van der Waals surface area contributed by atoms with E-state index >= 15 is 0 Å². The Morgan fingerprint density at radius 3 is 2.47 bits per heavy atom. The van der Waals surface area contributed by atoms with Crippen LogP contribution in [-0.2, 0) is 9.84 Å². The lowest BCUT2D eigenvalue weighted by atomic mass is 10.1. The SMILES string of the molecule is CCS(=O)(=O)c1ncc(Cl)c(C(=O)Nc2c(C(=O)c3ccccc3)oc3ccccc23)n1. The zero-order chi connectivity index (χ0) is 22.9. The van der Waals surface area contributed by atoms with Crippen molar-refractivity contribution in [3.8, 4) is 0 Å². The topological polar surface area (TPSA) is 119 Å². The zero-order valence-corrected chi connectivity index (χ0v) is 18.3. The maximum absolute atomic E-state index is 13.1. The molecule has 0 aliphatic carbocycles. The smallest absolute Gasteiger partial charge is 0.276 e. The highest BCUT2D eigenvalue weighted by atomic mass is 35.5. The van der Waals surface area contributed by atoms with E-state index in [1.54, 1.807) is 54.6 Å². The van der Waals surface area contributed by atoms with Crippen LogP contribution in [0.15, 0.2) is 70.4 Å². The summed E-state index contributed by atoms with van der Waals surface area (Å²) >= 11 is 6.07. The van der Waals surface area contributed by atoms with Gasteiger partial charge in [-0.3, -0.25) is 9.59 Å². The Kier molecular flexibility index (Phi) is 5.77. The average molecular weight is 470 g/mol. The van der Waals surface area contributed by atoms with Crippen molar-refractivity contribution in [3.63, 3.8) is 0 Å². The number of aromatic nitrogens is 2. The van der Waals surface area contributed by atoms with Gasteiger partial charge >= 0.3 is 0 Å². The fraction of sp³-hybridized carbons (Fsp3) is 0.0909. The Morgan fingerprint density at radius 2 is 1.75 bits per heavy atom. The summed E-state index contributed by atoms with van der Waals surface area (Å²) in [4.78, 5) is 33.7. The fourth-order valence-electron chi connectivity index (χ4n) is 3.01. The Bertz CT molecular complexity index is 1450. The molecule has 1 N–H and O–H groups in total. The number of carbonyl (C=O) groups is 2. The van der Waals surface area contributed by atoms with E-state index in [0.717, 1.165) is 6.20 Å². The third-order valence-corrected chi connectivity index (χ3v) is 6.46. The van der Waals surface area contributed by atoms with Crippen LogP contribution in [0.25, 0.3) is 11.0 Å². The predicted octanol–water partition coefficient (Wildman–Crippen LogP) is 4.15. The maximum atomic E-state index is 13.1. The second kappa shape index (κ2) is 8.52. The van der Waals surface area contributed by atoms with Gasteiger partial charge in [0.1, 0.15) is 5.58 Å². The molecule has 0 radical (unpaired) electrons. The van der Waals surface area contributed by atoms with Gasteiger partial charge in [-0.25, -0.2) is 18.4 Å². The van der Waals surface area contributed by atoms with E-state index in [9.17, 15) is 18.0 Å². The van der Waals surface area contributed by atoms with Crippen LogP contribution < -0.4 is 5.32 Å². The number of ketones is 1. The van der Waals surface area contributed by atoms with Gasteiger partial charge in [-0.1, -0.05) is 61.0 Å². The summed E-state index contributed by atoms with van der Waals surface area (Å²) in [6.07, 6.45) is 1.05. The summed E-state index contributed by atoms with van der Waals surface area (Å²) in [5.41, 5.74) is 0.565. The van der Waals surface area contributed by atoms with Crippen molar-refractivity contribution in [2.24, 2.45) is 0 Å². The molecule has 8 nitrogen and oxygen atoms in total. The quantitative estimate of drug-likeness (QED) is 0.332. The largest absolute Gasteiger partial charge is 0.450 e. The summed E-state index contributed by atoms with van der Waals surface area (Å²) in [6, 6.07) is 15.3. The van der Waals surface area contributed by atoms with Gasteiger partial charge in [-0.05, 0) is 12.1 Å². The normalized spacial score (nSPS) is 11.4. The molecule has 0 saturated carbocycles. The van der Waals surface area contributed by atoms with Crippen molar-refractivity contribution in [2.75, 3.05) is 11.1 Å². The van der Waals surface area contributed by atoms with Crippen LogP contribution in [0.1, 0.15) is 33.5 Å². The van der Waals surface area contributed by atoms with E-state index in [0.29, 0.717) is 16.5 Å². The lowest BCUT2D eigenvalue weighted by molar-refractivity contribution is 0.101. The van der Waals surface area contributed by atoms with Gasteiger partial charge in [-0.15, -0.1) is 0 Å². The van der Waals surface area contributed by atoms with Gasteiger partial charge in [0.15, 0.2) is 11.5 Å². The molecule has 1 amide bonds. The molecule has 2 aromatic heterocycles. The monoisotopic (exact) mass is 469 g/mol. The van der Waals surface area contributed by atoms with Crippen LogP contribution >= 0.6 is 11.6 Å². The molecule has 4 rings (SSSR count). The highest BCUT2D eigenvalue weighted by Gasteiger charge is 2.26. The van der Waals surface area contributed by atoms with E-state index in [4.69, 9.17) is 16.0 Å². The molecular formula is C22H16ClN3O5S. The number of rotatable bonds is 6. The first kappa shape index (κ1) is 21.7. The van der Waals surface area contributed by atoms with E-state index in [1.165, 1.54) is 6.92 Å². The summed E-state index contributed by atoms with van der Waals surface area (Å²) in [6.45, 7) is 1.44. The zero-order valence-electron chi connectivity index (χ0n) is 16.7. The number of furan rings is 1. The Labute approximate surface area is 188 Å². The first-order valence-electron chi connectivity index (χ1n) is 9.49. The number of carbonyl (C=O) groups excluding carboxylic acids is 2. The van der Waals surface area contributed by atoms with E-state index in [2.05, 4.69) is 15.3 Å². The highest BCUT2D eigenvalue weighted by Crippen LogP contribution is 2.33. The Balaban J connectivity index is 1.79. The summed E-state index contributed by atoms with van der Waals surface area (Å²) in [5.74, 6) is -1.55. The van der Waals surface area contributed by atoms with E-state index < -0.39 is 26.7 Å². The molecule has 2 heterocycles. The number of halogens is 1. The predicted molar refractivity (Wildman–Crippen MR) is 119 cm³/mol. The lowest BCUT2D eigenvalue weighted by Crippen LogP contribution is -2.19. The summed E-state index contributed by atoms with van der Waals surface area (Å²) in [5, 5.41) is 2.46. The van der Waals surface area contributed by atoms with E-state index in [1.807, 2.05) is 0 Å². The molecule has 32 heavy (non-hydrogen) atoms. The summed E-state index contributed by atoms with van der Waals surface area (Å²) < 4.78 is 30.0. The molecule has 0 bridgehead atoms. The van der Waals surface area contributed by atoms with Crippen LogP contribution in [-0.4, -0.2) is 35.8 Å². The van der Waals surface area contributed by atoms with Crippen LogP contribution in [0.5, 0.6) is 0 Å². The second-order valence-electron chi connectivity index (χ2n) is 6.70. The second-order valence-corrected chi connectivity index (χ2v) is 9.28. The first-order valence-corrected chi connectivity index (χ1v) is 11.5. The molecule has 0 fully saturated rings. The van der Waals surface area contributed by atoms with Crippen LogP contribution in [0.2, 0.25) is 5.02 Å². The van der Waals surface area contributed by atoms with Gasteiger partial charge in [0, 0.05) is 10.9 Å². The van der Waals surface area contributed by atoms with Crippen molar-refractivity contribution >= 4 is 49.8 Å². The standard InChI is InChI=1S/C22H16ClN3O5S/c1-2-32(29,30)22-24-12-15(23)18(26-22)21(28)25-17-14-10-6-7-11-16(14)31-20(17)19(27)13-8-4-3-5-9-13/h3-12H,2H2,1H3,(H,25,28). The number of hydrogen-bond acceptors (Lipinski definition) is 7. The van der Waals surface area contributed by atoms with Gasteiger partial charge in [0.2, 0.25) is 20.8 Å². The van der Waals surface area contributed by atoms with Crippen LogP contribution in [0.4, 0.5) is 5.69 Å². The van der Waals surface area contributed by atoms with Crippen LogP contribution in [0.3, 0.4) is 0 Å². The molecule has 162 valence electrons. The third-order valence-electron chi connectivity index (χ3n) is 4.67. The molecular weight excluding hydrogens is 454 g/mol. The number of nitrogens with one attached hydrogen (secondary N) is 1. The number of fused-ring (bicyclic) bond motifs is 1. The van der Waals surface area contributed by atoms with Crippen molar-refractivity contribution in [1.82, 2.24) is 9.97 Å². The van der Waals surface area contributed by atoms with Gasteiger partial charge in [0.05, 0.1) is 22.7 Å². The molecule has 0 unspecified atom stereocenters. The number of amides is 1. The fourth-order valence-corrected chi connectivity index (χ4v) is 3.89. The summed E-state index contributed by atoms with van der Waals surface area (Å²) in [7, 11) is -3.76. The Hall–Kier alpha value is -3.56. The molecule has 0 spiro atoms. The number of sulfone groups is 1. The third kappa shape index (κ3) is 4.00. The minimum atomic E-state index is -3.76. The van der Waals surface area contributed by atoms with Crippen molar-refractivity contribution in [1.29, 1.82) is 0 Å². The van der Waals surface area contributed by atoms with E-state index in [-0.39, 0.29) is 27.9 Å². The first-order chi connectivity index (χ1) is 15.3. The van der Waals surface area contributed by atoms with Gasteiger partial charge < -0.3 is 9.73 Å². The highest BCUT2D eigenvalue weighted by molar-refractivity contribution is 7.91. The molecule has 2 aromatic carbocycles. The van der Waals surface area contributed by atoms with Gasteiger partial charge in [0.25, 0.3) is 5.91 Å². The molecule has 0 aliphatic heterocycles. The molecule has 0 aliphatic rings. The molecule has 10 heteroatoms. The molecule has 4 aromatic rings. The lowest BCUT2D eigenvalue weighted by Gasteiger charge is -2.08. The van der Waals surface area contributed by atoms with Crippen molar-refractivity contribution in [3.05, 3.63) is 82.8 Å². The van der Waals surface area contributed by atoms with Crippen molar-refractivity contribution < 1.29 is 22.4 Å². The van der Waals surface area contributed by atoms with Crippen molar-refractivity contribution in [2.45, 2.75) is 12.1 Å². The minimum absolute atomic E-state index is 0.0719. The number of para-hydroxylation sites is 1. The Morgan fingerprint density at radius 1 is 1.06 bits per heavy atom. The number of hydrogen-bond donors (Lipinski definition) is 1. The molecule has 0 saturated heterocycles. The number of benzene rings is 2. The van der Waals surface area contributed by atoms with Gasteiger partial charge in [-0.2, -0.15) is 0 Å². The van der Waals surface area contributed by atoms with Crippen LogP contribution in [0, 0.1) is 0 Å². The maximum Gasteiger partial charge on any atom is 0.276 e. The number of anilines is 1. The number of nitrogens with zero attached hydrogens (tertiary/aromatic N) is 2. The average Bonchev–Trinajstić information content (AvgIpc) is 3.17. The molecule has 0 atom stereocenters.